The summed E-state index contributed by atoms with van der Waals surface area (Å²) < 4.78 is 10.7. The molecule has 0 amide bonds. The number of hydrogen-bond acceptors (Lipinski definition) is 7. The van der Waals surface area contributed by atoms with Gasteiger partial charge in [-0.05, 0) is 23.8 Å². The summed E-state index contributed by atoms with van der Waals surface area (Å²) in [7, 11) is 2.35. The van der Waals surface area contributed by atoms with Gasteiger partial charge in [-0.15, -0.1) is 0 Å². The molecule has 1 aromatic heterocycles. The number of nitrogens with zero attached hydrogens (tertiary/aromatic N) is 2. The van der Waals surface area contributed by atoms with Crippen molar-refractivity contribution in [2.24, 2.45) is 0 Å². The van der Waals surface area contributed by atoms with Crippen molar-refractivity contribution in [1.29, 1.82) is 0 Å². The molecule has 2 heterocycles. The molecule has 9 nitrogen and oxygen atoms in total. The van der Waals surface area contributed by atoms with E-state index in [4.69, 9.17) is 4.74 Å². The van der Waals surface area contributed by atoms with Crippen LogP contribution >= 0.6 is 0 Å². The van der Waals surface area contributed by atoms with Gasteiger partial charge in [0.25, 0.3) is 11.1 Å². The Balaban J connectivity index is 2.02. The maximum atomic E-state index is 13.4. The van der Waals surface area contributed by atoms with Gasteiger partial charge in [-0.3, -0.25) is 14.7 Å². The number of methoxy groups -OCH3 is 2. The van der Waals surface area contributed by atoms with Crippen LogP contribution in [0.3, 0.4) is 0 Å². The van der Waals surface area contributed by atoms with Crippen LogP contribution in [0.15, 0.2) is 76.1 Å². The molecular weight excluding hydrogens is 414 g/mol. The van der Waals surface area contributed by atoms with E-state index >= 15 is 0 Å². The zero-order chi connectivity index (χ0) is 22.8. The fourth-order valence-electron chi connectivity index (χ4n) is 3.67. The summed E-state index contributed by atoms with van der Waals surface area (Å²) in [6.45, 7) is 0. The van der Waals surface area contributed by atoms with E-state index in [0.717, 1.165) is 16.3 Å². The van der Waals surface area contributed by atoms with Gasteiger partial charge in [0, 0.05) is 11.8 Å². The smallest absolute Gasteiger partial charge is 0.355 e. The topological polar surface area (TPSA) is 111 Å². The molecule has 3 aromatic rings. The van der Waals surface area contributed by atoms with Crippen LogP contribution in [0.25, 0.3) is 16.8 Å². The van der Waals surface area contributed by atoms with E-state index in [1.54, 1.807) is 48.7 Å². The fraction of sp³-hybridized carbons (Fsp3) is 0.130. The van der Waals surface area contributed by atoms with Crippen LogP contribution in [0.2, 0.25) is 0 Å². The van der Waals surface area contributed by atoms with Crippen LogP contribution in [0.1, 0.15) is 17.3 Å². The zero-order valence-electron chi connectivity index (χ0n) is 17.3. The number of carbonyl (C=O) groups is 2. The van der Waals surface area contributed by atoms with Crippen molar-refractivity contribution in [3.05, 3.63) is 98.3 Å². The van der Waals surface area contributed by atoms with Gasteiger partial charge in [0.2, 0.25) is 0 Å². The van der Waals surface area contributed by atoms with Crippen LogP contribution < -0.4 is 11.1 Å². The number of H-pyrrole nitrogens is 1. The maximum Gasteiger partial charge on any atom is 0.355 e. The summed E-state index contributed by atoms with van der Waals surface area (Å²) in [6, 6.07) is 13.7. The highest BCUT2D eigenvalue weighted by Crippen LogP contribution is 2.33. The van der Waals surface area contributed by atoms with Crippen molar-refractivity contribution >= 4 is 28.8 Å². The van der Waals surface area contributed by atoms with E-state index in [9.17, 15) is 19.2 Å². The minimum atomic E-state index is -0.976. The SMILES string of the molecule is COC(=O)/C=C(\C(=O)OC)N1C=Cc2ccccc2C1n1[nH]c(=O)c2ccccc2c1=O. The van der Waals surface area contributed by atoms with Gasteiger partial charge in [0.15, 0.2) is 6.17 Å². The molecule has 1 aliphatic rings. The van der Waals surface area contributed by atoms with E-state index < -0.39 is 29.2 Å². The van der Waals surface area contributed by atoms with E-state index in [1.807, 2.05) is 12.1 Å². The summed E-state index contributed by atoms with van der Waals surface area (Å²) in [5.74, 6) is -1.60. The van der Waals surface area contributed by atoms with Gasteiger partial charge in [-0.1, -0.05) is 36.4 Å². The molecule has 9 heteroatoms. The highest BCUT2D eigenvalue weighted by atomic mass is 16.5. The second-order valence-corrected chi connectivity index (χ2v) is 6.93. The molecule has 2 aromatic carbocycles. The number of fused-ring (bicyclic) bond motifs is 2. The predicted molar refractivity (Wildman–Crippen MR) is 116 cm³/mol. The first kappa shape index (κ1) is 20.9. The van der Waals surface area contributed by atoms with E-state index in [0.29, 0.717) is 5.56 Å². The van der Waals surface area contributed by atoms with Crippen molar-refractivity contribution in [1.82, 2.24) is 14.7 Å². The molecule has 0 fully saturated rings. The van der Waals surface area contributed by atoms with Crippen molar-refractivity contribution < 1.29 is 19.1 Å². The Morgan fingerprint density at radius 2 is 1.66 bits per heavy atom. The van der Waals surface area contributed by atoms with Crippen LogP contribution in [-0.4, -0.2) is 40.8 Å². The van der Waals surface area contributed by atoms with E-state index in [1.165, 1.54) is 19.1 Å². The molecule has 32 heavy (non-hydrogen) atoms. The average molecular weight is 433 g/mol. The molecule has 0 aliphatic carbocycles. The molecule has 1 atom stereocenters. The summed E-state index contributed by atoms with van der Waals surface area (Å²) in [5, 5.41) is 3.09. The predicted octanol–water partition coefficient (Wildman–Crippen LogP) is 1.75. The van der Waals surface area contributed by atoms with Crippen LogP contribution in [0.5, 0.6) is 0 Å². The van der Waals surface area contributed by atoms with Crippen molar-refractivity contribution in [2.75, 3.05) is 14.2 Å². The number of hydrogen-bond donors (Lipinski definition) is 1. The average Bonchev–Trinajstić information content (AvgIpc) is 2.83. The molecular formula is C23H19N3O6. The second-order valence-electron chi connectivity index (χ2n) is 6.93. The lowest BCUT2D eigenvalue weighted by Crippen LogP contribution is -2.42. The van der Waals surface area contributed by atoms with Gasteiger partial charge < -0.3 is 14.4 Å². The first-order valence-corrected chi connectivity index (χ1v) is 9.63. The number of nitrogens with one attached hydrogen (secondary N) is 1. The Kier molecular flexibility index (Phi) is 5.46. The summed E-state index contributed by atoms with van der Waals surface area (Å²) in [5.41, 5.74) is 0.294. The van der Waals surface area contributed by atoms with Gasteiger partial charge in [-0.25, -0.2) is 14.3 Å². The number of esters is 2. The monoisotopic (exact) mass is 433 g/mol. The molecule has 0 radical (unpaired) electrons. The summed E-state index contributed by atoms with van der Waals surface area (Å²) in [6.07, 6.45) is 3.26. The summed E-state index contributed by atoms with van der Waals surface area (Å²) in [4.78, 5) is 52.1. The van der Waals surface area contributed by atoms with Crippen molar-refractivity contribution in [2.45, 2.75) is 6.17 Å². The molecule has 162 valence electrons. The number of aromatic nitrogens is 2. The Labute approximate surface area is 181 Å². The normalized spacial score (nSPS) is 15.4. The first-order chi connectivity index (χ1) is 15.5. The lowest BCUT2D eigenvalue weighted by molar-refractivity contribution is -0.140. The highest BCUT2D eigenvalue weighted by Gasteiger charge is 2.33. The third-order valence-electron chi connectivity index (χ3n) is 5.17. The maximum absolute atomic E-state index is 13.4. The number of rotatable bonds is 4. The van der Waals surface area contributed by atoms with Crippen LogP contribution in [0, 0.1) is 0 Å². The molecule has 0 saturated carbocycles. The zero-order valence-corrected chi connectivity index (χ0v) is 17.3. The van der Waals surface area contributed by atoms with E-state index in [-0.39, 0.29) is 16.5 Å². The first-order valence-electron chi connectivity index (χ1n) is 9.63. The lowest BCUT2D eigenvalue weighted by atomic mass is 10.00. The minimum absolute atomic E-state index is 0.170. The Morgan fingerprint density at radius 1 is 0.969 bits per heavy atom. The largest absolute Gasteiger partial charge is 0.466 e. The Hall–Kier alpha value is -4.40. The third kappa shape index (κ3) is 3.49. The van der Waals surface area contributed by atoms with E-state index in [2.05, 4.69) is 9.84 Å². The molecule has 1 unspecified atom stereocenters. The summed E-state index contributed by atoms with van der Waals surface area (Å²) >= 11 is 0. The Bertz CT molecular complexity index is 1400. The van der Waals surface area contributed by atoms with Gasteiger partial charge >= 0.3 is 11.9 Å². The molecule has 0 bridgehead atoms. The van der Waals surface area contributed by atoms with Crippen molar-refractivity contribution in [3.8, 4) is 0 Å². The lowest BCUT2D eigenvalue weighted by Gasteiger charge is -2.35. The standard InChI is InChI=1S/C23H19N3O6/c1-31-19(27)13-18(23(30)32-2)25-12-11-14-7-3-4-8-15(14)21(25)26-22(29)17-10-6-5-9-16(17)20(28)24-26/h3-13,21H,1-2H3,(H,24,28)/b18-13+. The molecule has 4 rings (SSSR count). The van der Waals surface area contributed by atoms with Gasteiger partial charge in [-0.2, -0.15) is 0 Å². The third-order valence-corrected chi connectivity index (χ3v) is 5.17. The fourth-order valence-corrected chi connectivity index (χ4v) is 3.67. The quantitative estimate of drug-likeness (QED) is 0.493. The number of carbonyl (C=O) groups excluding carboxylic acids is 2. The number of benzene rings is 2. The number of aromatic amines is 1. The number of ether oxygens (including phenoxy) is 2. The molecule has 0 spiro atoms. The van der Waals surface area contributed by atoms with Gasteiger partial charge in [0.05, 0.1) is 31.1 Å². The van der Waals surface area contributed by atoms with Crippen LogP contribution in [-0.2, 0) is 19.1 Å². The van der Waals surface area contributed by atoms with Crippen molar-refractivity contribution in [3.63, 3.8) is 0 Å². The van der Waals surface area contributed by atoms with Gasteiger partial charge in [0.1, 0.15) is 5.70 Å². The highest BCUT2D eigenvalue weighted by molar-refractivity contribution is 5.96. The molecule has 1 N–H and O–H groups in total. The van der Waals surface area contributed by atoms with Crippen LogP contribution in [0.4, 0.5) is 0 Å². The minimum Gasteiger partial charge on any atom is -0.466 e. The molecule has 0 saturated heterocycles. The Morgan fingerprint density at radius 3 is 2.38 bits per heavy atom. The second kappa shape index (κ2) is 8.38. The molecule has 1 aliphatic heterocycles.